The van der Waals surface area contributed by atoms with Crippen molar-refractivity contribution in [2.24, 2.45) is 0 Å². The van der Waals surface area contributed by atoms with Crippen LogP contribution in [0.5, 0.6) is 0 Å². The van der Waals surface area contributed by atoms with Crippen LogP contribution in [-0.4, -0.2) is 57.0 Å². The predicted octanol–water partition coefficient (Wildman–Crippen LogP) is 0.254. The summed E-state index contributed by atoms with van der Waals surface area (Å²) in [4.78, 5) is 31.5. The standard InChI is InChI=1S/C12H17N4O6P/c1-20-7-3-9(22-8(7)4-21-23(2,18)19)16-6-15-10-11(16)13-5-14-12(10)17/h5-9H,3-4H2,1-2H3,(H,18,19)(H,13,14,17)/t7-,8-,9-/m1/s1. The molecular weight excluding hydrogens is 327 g/mol. The molecule has 11 heteroatoms. The highest BCUT2D eigenvalue weighted by Gasteiger charge is 2.38. The third kappa shape index (κ3) is 3.36. The van der Waals surface area contributed by atoms with Crippen molar-refractivity contribution in [1.29, 1.82) is 0 Å². The minimum atomic E-state index is -3.59. The molecule has 0 amide bonds. The summed E-state index contributed by atoms with van der Waals surface area (Å²) in [5, 5.41) is 0. The van der Waals surface area contributed by atoms with E-state index < -0.39 is 19.9 Å². The first-order valence-electron chi connectivity index (χ1n) is 6.92. The number of nitrogens with zero attached hydrogens (tertiary/aromatic N) is 3. The number of aromatic nitrogens is 4. The molecule has 10 nitrogen and oxygen atoms in total. The molecule has 3 heterocycles. The van der Waals surface area contributed by atoms with E-state index in [0.29, 0.717) is 12.1 Å². The zero-order valence-electron chi connectivity index (χ0n) is 12.6. The average Bonchev–Trinajstić information content (AvgIpc) is 3.08. The van der Waals surface area contributed by atoms with E-state index in [0.717, 1.165) is 6.66 Å². The zero-order chi connectivity index (χ0) is 16.6. The Morgan fingerprint density at radius 3 is 3.04 bits per heavy atom. The Kier molecular flexibility index (Phi) is 4.35. The Morgan fingerprint density at radius 2 is 2.35 bits per heavy atom. The molecular formula is C12H17N4O6P. The normalized spacial score (nSPS) is 27.3. The molecule has 2 aromatic rings. The van der Waals surface area contributed by atoms with Gasteiger partial charge in [0, 0.05) is 20.2 Å². The topological polar surface area (TPSA) is 129 Å². The summed E-state index contributed by atoms with van der Waals surface area (Å²) >= 11 is 0. The lowest BCUT2D eigenvalue weighted by Crippen LogP contribution is -2.27. The number of rotatable bonds is 5. The molecule has 4 atom stereocenters. The van der Waals surface area contributed by atoms with Crippen LogP contribution >= 0.6 is 7.60 Å². The number of aromatic amines is 1. The lowest BCUT2D eigenvalue weighted by atomic mass is 10.2. The molecule has 0 bridgehead atoms. The minimum Gasteiger partial charge on any atom is -0.378 e. The molecule has 0 spiro atoms. The van der Waals surface area contributed by atoms with Crippen molar-refractivity contribution in [1.82, 2.24) is 19.5 Å². The second-order valence-electron chi connectivity index (χ2n) is 5.29. The molecule has 2 N–H and O–H groups in total. The number of hydrogen-bond acceptors (Lipinski definition) is 7. The fourth-order valence-corrected chi connectivity index (χ4v) is 2.98. The summed E-state index contributed by atoms with van der Waals surface area (Å²) in [7, 11) is -2.06. The fraction of sp³-hybridized carbons (Fsp3) is 0.583. The Bertz CT molecular complexity index is 798. The molecule has 126 valence electrons. The molecule has 1 aliphatic heterocycles. The van der Waals surface area contributed by atoms with Crippen LogP contribution < -0.4 is 5.56 Å². The minimum absolute atomic E-state index is 0.0695. The molecule has 23 heavy (non-hydrogen) atoms. The van der Waals surface area contributed by atoms with Crippen molar-refractivity contribution in [3.63, 3.8) is 0 Å². The van der Waals surface area contributed by atoms with Gasteiger partial charge in [-0.2, -0.15) is 0 Å². The van der Waals surface area contributed by atoms with Crippen molar-refractivity contribution < 1.29 is 23.5 Å². The maximum atomic E-state index is 11.7. The van der Waals surface area contributed by atoms with Gasteiger partial charge < -0.3 is 23.9 Å². The lowest BCUT2D eigenvalue weighted by molar-refractivity contribution is -0.0475. The molecule has 3 rings (SSSR count). The Morgan fingerprint density at radius 1 is 1.57 bits per heavy atom. The third-order valence-corrected chi connectivity index (χ3v) is 4.27. The van der Waals surface area contributed by atoms with Gasteiger partial charge in [0.05, 0.1) is 25.4 Å². The first-order valence-corrected chi connectivity index (χ1v) is 8.95. The summed E-state index contributed by atoms with van der Waals surface area (Å²) in [5.41, 5.74) is 0.291. The molecule has 1 fully saturated rings. The SMILES string of the molecule is CO[C@@H]1C[C@H](n2cnc3c(=O)[nH]cnc32)O[C@@H]1COP(C)(=O)O. The van der Waals surface area contributed by atoms with Crippen LogP contribution in [0.4, 0.5) is 0 Å². The van der Waals surface area contributed by atoms with E-state index in [2.05, 4.69) is 15.0 Å². The van der Waals surface area contributed by atoms with Crippen LogP contribution in [0.2, 0.25) is 0 Å². The number of fused-ring (bicyclic) bond motifs is 1. The molecule has 0 saturated carbocycles. The van der Waals surface area contributed by atoms with Crippen LogP contribution in [0, 0.1) is 0 Å². The van der Waals surface area contributed by atoms with E-state index in [1.165, 1.54) is 19.8 Å². The highest BCUT2D eigenvalue weighted by Crippen LogP contribution is 2.39. The van der Waals surface area contributed by atoms with Gasteiger partial charge >= 0.3 is 7.60 Å². The van der Waals surface area contributed by atoms with Crippen molar-refractivity contribution >= 4 is 18.8 Å². The third-order valence-electron chi connectivity index (χ3n) is 3.64. The maximum absolute atomic E-state index is 11.7. The van der Waals surface area contributed by atoms with Gasteiger partial charge in [0.2, 0.25) is 0 Å². The van der Waals surface area contributed by atoms with E-state index in [1.54, 1.807) is 4.57 Å². The van der Waals surface area contributed by atoms with Gasteiger partial charge in [-0.15, -0.1) is 0 Å². The Balaban J connectivity index is 1.82. The van der Waals surface area contributed by atoms with Crippen LogP contribution in [0.3, 0.4) is 0 Å². The van der Waals surface area contributed by atoms with Crippen LogP contribution in [-0.2, 0) is 18.6 Å². The van der Waals surface area contributed by atoms with Gasteiger partial charge in [0.1, 0.15) is 12.3 Å². The van der Waals surface area contributed by atoms with E-state index in [-0.39, 0.29) is 23.8 Å². The van der Waals surface area contributed by atoms with E-state index >= 15 is 0 Å². The number of ether oxygens (including phenoxy) is 2. The molecule has 1 unspecified atom stereocenters. The van der Waals surface area contributed by atoms with Crippen LogP contribution in [0.15, 0.2) is 17.4 Å². The summed E-state index contributed by atoms with van der Waals surface area (Å²) in [5.74, 6) is 0. The quantitative estimate of drug-likeness (QED) is 0.739. The average molecular weight is 344 g/mol. The van der Waals surface area contributed by atoms with Gasteiger partial charge in [-0.3, -0.25) is 13.9 Å². The monoisotopic (exact) mass is 344 g/mol. The molecule has 1 saturated heterocycles. The van der Waals surface area contributed by atoms with E-state index in [1.807, 2.05) is 0 Å². The van der Waals surface area contributed by atoms with E-state index in [4.69, 9.17) is 14.0 Å². The Labute approximate surface area is 130 Å². The van der Waals surface area contributed by atoms with Crippen molar-refractivity contribution in [2.45, 2.75) is 24.9 Å². The number of hydrogen-bond donors (Lipinski definition) is 2. The lowest BCUT2D eigenvalue weighted by Gasteiger charge is -2.18. The fourth-order valence-electron chi connectivity index (χ4n) is 2.55. The molecule has 1 aliphatic rings. The number of methoxy groups -OCH3 is 1. The second kappa shape index (κ2) is 6.14. The van der Waals surface area contributed by atoms with Crippen LogP contribution in [0.25, 0.3) is 11.2 Å². The molecule has 0 radical (unpaired) electrons. The molecule has 0 aliphatic carbocycles. The number of nitrogens with one attached hydrogen (secondary N) is 1. The number of imidazole rings is 1. The van der Waals surface area contributed by atoms with Gasteiger partial charge in [0.15, 0.2) is 11.2 Å². The highest BCUT2D eigenvalue weighted by molar-refractivity contribution is 7.51. The molecule has 2 aromatic heterocycles. The summed E-state index contributed by atoms with van der Waals surface area (Å²) in [6.45, 7) is 1.04. The predicted molar refractivity (Wildman–Crippen MR) is 79.2 cm³/mol. The van der Waals surface area contributed by atoms with Gasteiger partial charge in [-0.25, -0.2) is 9.97 Å². The van der Waals surface area contributed by atoms with Gasteiger partial charge in [-0.1, -0.05) is 0 Å². The van der Waals surface area contributed by atoms with Gasteiger partial charge in [0.25, 0.3) is 5.56 Å². The first-order chi connectivity index (χ1) is 10.9. The zero-order valence-corrected chi connectivity index (χ0v) is 13.5. The number of H-pyrrole nitrogens is 1. The second-order valence-corrected chi connectivity index (χ2v) is 7.16. The largest absolute Gasteiger partial charge is 0.378 e. The van der Waals surface area contributed by atoms with Crippen molar-refractivity contribution in [3.05, 3.63) is 23.0 Å². The van der Waals surface area contributed by atoms with Crippen molar-refractivity contribution in [2.75, 3.05) is 20.4 Å². The van der Waals surface area contributed by atoms with Crippen molar-refractivity contribution in [3.8, 4) is 0 Å². The highest BCUT2D eigenvalue weighted by atomic mass is 31.2. The summed E-state index contributed by atoms with van der Waals surface area (Å²) in [6.07, 6.45) is 1.97. The molecule has 0 aromatic carbocycles. The summed E-state index contributed by atoms with van der Waals surface area (Å²) in [6, 6.07) is 0. The Hall–Kier alpha value is -1.58. The van der Waals surface area contributed by atoms with Crippen LogP contribution in [0.1, 0.15) is 12.6 Å². The first kappa shape index (κ1) is 16.3. The van der Waals surface area contributed by atoms with Gasteiger partial charge in [-0.05, 0) is 0 Å². The smallest absolute Gasteiger partial charge is 0.325 e. The maximum Gasteiger partial charge on any atom is 0.325 e. The summed E-state index contributed by atoms with van der Waals surface area (Å²) < 4.78 is 29.0. The van der Waals surface area contributed by atoms with E-state index in [9.17, 15) is 14.3 Å².